The zero-order valence-electron chi connectivity index (χ0n) is 20.3. The van der Waals surface area contributed by atoms with Gasteiger partial charge < -0.3 is 20.3 Å². The number of likely N-dealkylation sites (tertiary alicyclic amines) is 1. The van der Waals surface area contributed by atoms with Gasteiger partial charge in [-0.05, 0) is 65.8 Å². The molecule has 1 aliphatic carbocycles. The smallest absolute Gasteiger partial charge is 0.409 e. The number of ether oxygens (including phenoxy) is 1. The van der Waals surface area contributed by atoms with Crippen molar-refractivity contribution in [2.45, 2.75) is 24.7 Å². The Hall–Kier alpha value is -3.35. The molecule has 6 nitrogen and oxygen atoms in total. The van der Waals surface area contributed by atoms with Crippen LogP contribution in [-0.4, -0.2) is 50.2 Å². The Morgan fingerprint density at radius 3 is 2.19 bits per heavy atom. The number of benzene rings is 3. The molecule has 0 spiro atoms. The van der Waals surface area contributed by atoms with Crippen LogP contribution in [0.2, 0.25) is 5.02 Å². The molecule has 3 aromatic carbocycles. The standard InChI is InChI=1S/C29H30ClN3O3/c1-31-17-28(34)32-20-10-11-21(27(30)16-20)19-12-14-33(15-13-19)29(35)36-18-26-24-8-4-2-6-22(24)23-7-3-5-9-25(23)26/h2-11,16,19,26,31H,12-15,17-18H2,1H3,(H,32,34). The molecule has 0 aromatic heterocycles. The first-order valence-electron chi connectivity index (χ1n) is 12.4. The van der Waals surface area contributed by atoms with Gasteiger partial charge in [-0.2, -0.15) is 0 Å². The summed E-state index contributed by atoms with van der Waals surface area (Å²) in [7, 11) is 1.73. The van der Waals surface area contributed by atoms with Crippen molar-refractivity contribution in [2.24, 2.45) is 0 Å². The molecule has 36 heavy (non-hydrogen) atoms. The number of piperidine rings is 1. The lowest BCUT2D eigenvalue weighted by Gasteiger charge is -2.32. The zero-order valence-corrected chi connectivity index (χ0v) is 21.1. The van der Waals surface area contributed by atoms with E-state index in [1.165, 1.54) is 22.3 Å². The molecule has 0 bridgehead atoms. The number of nitrogens with one attached hydrogen (secondary N) is 2. The van der Waals surface area contributed by atoms with Gasteiger partial charge in [-0.3, -0.25) is 4.79 Å². The van der Waals surface area contributed by atoms with Gasteiger partial charge in [0.2, 0.25) is 5.91 Å². The lowest BCUT2D eigenvalue weighted by Crippen LogP contribution is -2.38. The number of hydrogen-bond acceptors (Lipinski definition) is 4. The fourth-order valence-electron chi connectivity index (χ4n) is 5.36. The minimum absolute atomic E-state index is 0.0600. The summed E-state index contributed by atoms with van der Waals surface area (Å²) in [5.74, 6) is 0.208. The normalized spacial score (nSPS) is 15.3. The van der Waals surface area contributed by atoms with Crippen molar-refractivity contribution in [3.63, 3.8) is 0 Å². The lowest BCUT2D eigenvalue weighted by molar-refractivity contribution is -0.115. The molecule has 2 amide bonds. The fourth-order valence-corrected chi connectivity index (χ4v) is 5.69. The zero-order chi connectivity index (χ0) is 25.1. The summed E-state index contributed by atoms with van der Waals surface area (Å²) in [4.78, 5) is 26.5. The minimum atomic E-state index is -0.260. The SMILES string of the molecule is CNCC(=O)Nc1ccc(C2CCN(C(=O)OCC3c4ccccc4-c4ccccc43)CC2)c(Cl)c1. The van der Waals surface area contributed by atoms with Gasteiger partial charge in [0.05, 0.1) is 6.54 Å². The van der Waals surface area contributed by atoms with Crippen LogP contribution in [0.1, 0.15) is 41.4 Å². The number of likely N-dealkylation sites (N-methyl/N-ethyl adjacent to an activating group) is 1. The van der Waals surface area contributed by atoms with Crippen molar-refractivity contribution < 1.29 is 14.3 Å². The number of rotatable bonds is 6. The first-order valence-corrected chi connectivity index (χ1v) is 12.8. The molecule has 1 saturated heterocycles. The summed E-state index contributed by atoms with van der Waals surface area (Å²) >= 11 is 6.55. The van der Waals surface area contributed by atoms with Crippen molar-refractivity contribution >= 4 is 29.3 Å². The molecule has 0 unspecified atom stereocenters. The largest absolute Gasteiger partial charge is 0.448 e. The molecule has 7 heteroatoms. The van der Waals surface area contributed by atoms with Crippen LogP contribution in [0.25, 0.3) is 11.1 Å². The number of fused-ring (bicyclic) bond motifs is 3. The number of halogens is 1. The molecular formula is C29H30ClN3O3. The second-order valence-electron chi connectivity index (χ2n) is 9.38. The van der Waals surface area contributed by atoms with Gasteiger partial charge in [0, 0.05) is 29.7 Å². The highest BCUT2D eigenvalue weighted by atomic mass is 35.5. The summed E-state index contributed by atoms with van der Waals surface area (Å²) < 4.78 is 5.83. The predicted molar refractivity (Wildman–Crippen MR) is 143 cm³/mol. The van der Waals surface area contributed by atoms with Gasteiger partial charge in [0.1, 0.15) is 6.61 Å². The Morgan fingerprint density at radius 1 is 0.944 bits per heavy atom. The van der Waals surface area contributed by atoms with Crippen molar-refractivity contribution in [2.75, 3.05) is 38.6 Å². The van der Waals surface area contributed by atoms with E-state index < -0.39 is 0 Å². The topological polar surface area (TPSA) is 70.7 Å². The molecule has 0 radical (unpaired) electrons. The highest BCUT2D eigenvalue weighted by Crippen LogP contribution is 2.44. The van der Waals surface area contributed by atoms with Crippen LogP contribution in [0.5, 0.6) is 0 Å². The number of amides is 2. The molecule has 186 valence electrons. The molecule has 0 atom stereocenters. The second-order valence-corrected chi connectivity index (χ2v) is 9.79. The van der Waals surface area contributed by atoms with Crippen molar-refractivity contribution in [3.05, 3.63) is 88.4 Å². The highest BCUT2D eigenvalue weighted by Gasteiger charge is 2.31. The first kappa shape index (κ1) is 24.3. The highest BCUT2D eigenvalue weighted by molar-refractivity contribution is 6.31. The Balaban J connectivity index is 1.17. The van der Waals surface area contributed by atoms with E-state index in [4.69, 9.17) is 16.3 Å². The predicted octanol–water partition coefficient (Wildman–Crippen LogP) is 5.63. The molecule has 0 saturated carbocycles. The number of nitrogens with zero attached hydrogens (tertiary/aromatic N) is 1. The van der Waals surface area contributed by atoms with Crippen LogP contribution in [-0.2, 0) is 9.53 Å². The molecule has 5 rings (SSSR count). The summed E-state index contributed by atoms with van der Waals surface area (Å²) in [5.41, 5.74) is 6.60. The van der Waals surface area contributed by atoms with E-state index in [-0.39, 0.29) is 30.4 Å². The van der Waals surface area contributed by atoms with Crippen molar-refractivity contribution in [1.82, 2.24) is 10.2 Å². The summed E-state index contributed by atoms with van der Waals surface area (Å²) in [6.45, 7) is 1.82. The van der Waals surface area contributed by atoms with Gasteiger partial charge in [0.15, 0.2) is 0 Å². The van der Waals surface area contributed by atoms with Crippen molar-refractivity contribution in [3.8, 4) is 11.1 Å². The molecular weight excluding hydrogens is 474 g/mol. The van der Waals surface area contributed by atoms with E-state index >= 15 is 0 Å². The van der Waals surface area contributed by atoms with Gasteiger partial charge >= 0.3 is 6.09 Å². The number of anilines is 1. The summed E-state index contributed by atoms with van der Waals surface area (Å²) in [6, 6.07) is 22.4. The third-order valence-corrected chi connectivity index (χ3v) is 7.48. The fraction of sp³-hybridized carbons (Fsp3) is 0.310. The Kier molecular flexibility index (Phi) is 7.25. The summed E-state index contributed by atoms with van der Waals surface area (Å²) in [5, 5.41) is 6.29. The van der Waals surface area contributed by atoms with E-state index in [2.05, 4.69) is 34.9 Å². The molecule has 1 heterocycles. The van der Waals surface area contributed by atoms with Crippen molar-refractivity contribution in [1.29, 1.82) is 0 Å². The number of carbonyl (C=O) groups excluding carboxylic acids is 2. The molecule has 3 aromatic rings. The summed E-state index contributed by atoms with van der Waals surface area (Å²) in [6.07, 6.45) is 1.37. The Morgan fingerprint density at radius 2 is 1.58 bits per heavy atom. The third kappa shape index (κ3) is 4.97. The van der Waals surface area contributed by atoms with Crippen LogP contribution >= 0.6 is 11.6 Å². The van der Waals surface area contributed by atoms with Crippen LogP contribution in [0.4, 0.5) is 10.5 Å². The lowest BCUT2D eigenvalue weighted by atomic mass is 9.89. The number of carbonyl (C=O) groups is 2. The molecule has 1 aliphatic heterocycles. The molecule has 2 N–H and O–H groups in total. The van der Waals surface area contributed by atoms with Crippen LogP contribution in [0, 0.1) is 0 Å². The maximum atomic E-state index is 12.9. The van der Waals surface area contributed by atoms with Crippen LogP contribution < -0.4 is 10.6 Å². The Labute approximate surface area is 216 Å². The van der Waals surface area contributed by atoms with Crippen LogP contribution in [0.15, 0.2) is 66.7 Å². The van der Waals surface area contributed by atoms with E-state index in [9.17, 15) is 9.59 Å². The maximum absolute atomic E-state index is 12.9. The van der Waals surface area contributed by atoms with E-state index in [0.717, 1.165) is 18.4 Å². The first-order chi connectivity index (χ1) is 17.5. The second kappa shape index (κ2) is 10.7. The van der Waals surface area contributed by atoms with E-state index in [1.54, 1.807) is 18.0 Å². The van der Waals surface area contributed by atoms with Gasteiger partial charge in [-0.1, -0.05) is 66.2 Å². The van der Waals surface area contributed by atoms with Gasteiger partial charge in [-0.25, -0.2) is 4.79 Å². The maximum Gasteiger partial charge on any atom is 0.409 e. The third-order valence-electron chi connectivity index (χ3n) is 7.15. The van der Waals surface area contributed by atoms with Crippen LogP contribution in [0.3, 0.4) is 0 Å². The quantitative estimate of drug-likeness (QED) is 0.457. The molecule has 1 fully saturated rings. The number of hydrogen-bond donors (Lipinski definition) is 2. The average Bonchev–Trinajstić information content (AvgIpc) is 3.21. The molecule has 2 aliphatic rings. The van der Waals surface area contributed by atoms with Gasteiger partial charge in [-0.15, -0.1) is 0 Å². The Bertz CT molecular complexity index is 1220. The average molecular weight is 504 g/mol. The minimum Gasteiger partial charge on any atom is -0.448 e. The van der Waals surface area contributed by atoms with E-state index in [1.807, 2.05) is 36.4 Å². The van der Waals surface area contributed by atoms with E-state index in [0.29, 0.717) is 30.4 Å². The van der Waals surface area contributed by atoms with Gasteiger partial charge in [0.25, 0.3) is 0 Å². The monoisotopic (exact) mass is 503 g/mol.